The van der Waals surface area contributed by atoms with Crippen LogP contribution >= 0.6 is 0 Å². The number of allylic oxidation sites excluding steroid dienone is 3. The maximum absolute atomic E-state index is 11.2. The molecule has 0 aliphatic heterocycles. The molecule has 17 heavy (non-hydrogen) atoms. The van der Waals surface area contributed by atoms with Gasteiger partial charge in [-0.1, -0.05) is 42.0 Å². The van der Waals surface area contributed by atoms with Crippen molar-refractivity contribution in [3.05, 3.63) is 52.4 Å². The van der Waals surface area contributed by atoms with Crippen molar-refractivity contribution in [2.24, 2.45) is 0 Å². The van der Waals surface area contributed by atoms with Gasteiger partial charge in [0, 0.05) is 6.42 Å². The summed E-state index contributed by atoms with van der Waals surface area (Å²) in [4.78, 5) is 0.00454. The zero-order valence-electron chi connectivity index (χ0n) is 9.92. The van der Waals surface area contributed by atoms with Crippen molar-refractivity contribution >= 4 is 16.2 Å². The Morgan fingerprint density at radius 1 is 1.24 bits per heavy atom. The third-order valence-corrected chi connectivity index (χ3v) is 3.12. The molecule has 4 heteroatoms. The molecular formula is C13H16O3S. The lowest BCUT2D eigenvalue weighted by Crippen LogP contribution is -2.01. The highest BCUT2D eigenvalue weighted by atomic mass is 32.2. The van der Waals surface area contributed by atoms with Gasteiger partial charge in [0.05, 0.1) is 4.91 Å². The second kappa shape index (κ2) is 5.80. The normalized spacial score (nSPS) is 12.3. The molecule has 1 rings (SSSR count). The summed E-state index contributed by atoms with van der Waals surface area (Å²) >= 11 is 0. The van der Waals surface area contributed by atoms with Crippen LogP contribution in [0.3, 0.4) is 0 Å². The van der Waals surface area contributed by atoms with Crippen molar-refractivity contribution in [2.75, 3.05) is 0 Å². The minimum Gasteiger partial charge on any atom is -0.282 e. The van der Waals surface area contributed by atoms with Crippen molar-refractivity contribution in [2.45, 2.75) is 20.3 Å². The molecule has 1 N–H and O–H groups in total. The van der Waals surface area contributed by atoms with Gasteiger partial charge in [0.2, 0.25) is 0 Å². The molecule has 1 aromatic rings. The molecule has 0 unspecified atom stereocenters. The van der Waals surface area contributed by atoms with Crippen molar-refractivity contribution in [1.29, 1.82) is 0 Å². The third kappa shape index (κ3) is 4.97. The Bertz CT molecular complexity index is 521. The highest BCUT2D eigenvalue weighted by Crippen LogP contribution is 2.16. The molecule has 0 fully saturated rings. The zero-order valence-corrected chi connectivity index (χ0v) is 10.7. The summed E-state index contributed by atoms with van der Waals surface area (Å²) in [5.74, 6) is 0. The molecule has 0 saturated carbocycles. The van der Waals surface area contributed by atoms with Gasteiger partial charge in [-0.3, -0.25) is 4.55 Å². The molecule has 0 aliphatic rings. The predicted octanol–water partition coefficient (Wildman–Crippen LogP) is 3.27. The maximum atomic E-state index is 11.2. The van der Waals surface area contributed by atoms with E-state index in [1.807, 2.05) is 32.0 Å². The molecule has 92 valence electrons. The zero-order chi connectivity index (χ0) is 12.9. The first-order chi connectivity index (χ1) is 7.89. The smallest absolute Gasteiger partial charge is 0.282 e. The lowest BCUT2D eigenvalue weighted by molar-refractivity contribution is 0.490. The number of rotatable bonds is 4. The molecule has 1 aromatic carbocycles. The Morgan fingerprint density at radius 3 is 2.29 bits per heavy atom. The van der Waals surface area contributed by atoms with E-state index in [1.165, 1.54) is 6.08 Å². The monoisotopic (exact) mass is 252 g/mol. The molecule has 0 radical (unpaired) electrons. The van der Waals surface area contributed by atoms with Crippen molar-refractivity contribution < 1.29 is 13.0 Å². The molecule has 0 aromatic heterocycles. The average Bonchev–Trinajstić information content (AvgIpc) is 2.23. The summed E-state index contributed by atoms with van der Waals surface area (Å²) in [6.45, 7) is 3.76. The fourth-order valence-electron chi connectivity index (χ4n) is 1.28. The highest BCUT2D eigenvalue weighted by molar-refractivity contribution is 7.90. The molecule has 0 atom stereocenters. The van der Waals surface area contributed by atoms with Gasteiger partial charge in [0.15, 0.2) is 0 Å². The average molecular weight is 252 g/mol. The van der Waals surface area contributed by atoms with Gasteiger partial charge in [-0.15, -0.1) is 0 Å². The standard InChI is InChI=1S/C13H16O3S/c1-11(2)8-9-13(17(14,15)16)10-12-6-4-3-5-7-12/h3-8,10H,9H2,1-2H3,(H,14,15,16). The van der Waals surface area contributed by atoms with Gasteiger partial charge in [-0.25, -0.2) is 0 Å². The fraction of sp³-hybridized carbons (Fsp3) is 0.231. The summed E-state index contributed by atoms with van der Waals surface area (Å²) in [5, 5.41) is 0. The Kier molecular flexibility index (Phi) is 4.66. The van der Waals surface area contributed by atoms with Gasteiger partial charge >= 0.3 is 0 Å². The molecule has 3 nitrogen and oxygen atoms in total. The van der Waals surface area contributed by atoms with Crippen LogP contribution in [0.5, 0.6) is 0 Å². The lowest BCUT2D eigenvalue weighted by Gasteiger charge is -2.02. The van der Waals surface area contributed by atoms with Crippen LogP contribution in [0.2, 0.25) is 0 Å². The van der Waals surface area contributed by atoms with E-state index in [4.69, 9.17) is 4.55 Å². The van der Waals surface area contributed by atoms with E-state index in [-0.39, 0.29) is 11.3 Å². The minimum atomic E-state index is -4.14. The predicted molar refractivity (Wildman–Crippen MR) is 70.0 cm³/mol. The van der Waals surface area contributed by atoms with Crippen molar-refractivity contribution in [3.63, 3.8) is 0 Å². The van der Waals surface area contributed by atoms with E-state index in [1.54, 1.807) is 18.2 Å². The van der Waals surface area contributed by atoms with E-state index < -0.39 is 10.1 Å². The van der Waals surface area contributed by atoms with E-state index in [2.05, 4.69) is 0 Å². The molecule has 0 saturated heterocycles. The molecule has 0 bridgehead atoms. The van der Waals surface area contributed by atoms with Crippen LogP contribution in [0.1, 0.15) is 25.8 Å². The van der Waals surface area contributed by atoms with E-state index in [0.717, 1.165) is 11.1 Å². The Morgan fingerprint density at radius 2 is 1.82 bits per heavy atom. The van der Waals surface area contributed by atoms with Crippen LogP contribution in [0.4, 0.5) is 0 Å². The topological polar surface area (TPSA) is 54.4 Å². The summed E-state index contributed by atoms with van der Waals surface area (Å²) in [6, 6.07) is 9.05. The van der Waals surface area contributed by atoms with Crippen LogP contribution in [0.15, 0.2) is 46.9 Å². The molecule has 0 spiro atoms. The first-order valence-electron chi connectivity index (χ1n) is 5.26. The minimum absolute atomic E-state index is 0.00454. The second-order valence-electron chi connectivity index (χ2n) is 3.98. The molecular weight excluding hydrogens is 236 g/mol. The van der Waals surface area contributed by atoms with Crippen LogP contribution in [-0.4, -0.2) is 13.0 Å². The quantitative estimate of drug-likeness (QED) is 0.661. The first kappa shape index (κ1) is 13.7. The van der Waals surface area contributed by atoms with Crippen molar-refractivity contribution in [3.8, 4) is 0 Å². The molecule has 0 amide bonds. The summed E-state index contributed by atoms with van der Waals surface area (Å²) in [5.41, 5.74) is 1.76. The molecule has 0 aliphatic carbocycles. The fourth-order valence-corrected chi connectivity index (χ4v) is 1.86. The van der Waals surface area contributed by atoms with Crippen LogP contribution in [0, 0.1) is 0 Å². The number of hydrogen-bond acceptors (Lipinski definition) is 2. The number of hydrogen-bond donors (Lipinski definition) is 1. The van der Waals surface area contributed by atoms with Gasteiger partial charge in [-0.05, 0) is 25.5 Å². The molecule has 0 heterocycles. The van der Waals surface area contributed by atoms with E-state index in [0.29, 0.717) is 0 Å². The Labute approximate surface area is 102 Å². The SMILES string of the molecule is CC(C)=CCC(=Cc1ccccc1)S(=O)(=O)O. The number of benzene rings is 1. The summed E-state index contributed by atoms with van der Waals surface area (Å²) in [6.07, 6.45) is 3.45. The van der Waals surface area contributed by atoms with Gasteiger partial charge in [-0.2, -0.15) is 8.42 Å². The van der Waals surface area contributed by atoms with Crippen LogP contribution < -0.4 is 0 Å². The Balaban J connectivity index is 3.08. The second-order valence-corrected chi connectivity index (χ2v) is 5.46. The largest absolute Gasteiger partial charge is 0.290 e. The summed E-state index contributed by atoms with van der Waals surface area (Å²) in [7, 11) is -4.14. The van der Waals surface area contributed by atoms with Gasteiger partial charge < -0.3 is 0 Å². The van der Waals surface area contributed by atoms with Gasteiger partial charge in [0.25, 0.3) is 10.1 Å². The lowest BCUT2D eigenvalue weighted by atomic mass is 10.2. The Hall–Kier alpha value is -1.39. The van der Waals surface area contributed by atoms with Crippen LogP contribution in [-0.2, 0) is 10.1 Å². The van der Waals surface area contributed by atoms with Crippen molar-refractivity contribution in [1.82, 2.24) is 0 Å². The third-order valence-electron chi connectivity index (χ3n) is 2.17. The first-order valence-corrected chi connectivity index (χ1v) is 6.70. The van der Waals surface area contributed by atoms with E-state index >= 15 is 0 Å². The van der Waals surface area contributed by atoms with Gasteiger partial charge in [0.1, 0.15) is 0 Å². The van der Waals surface area contributed by atoms with E-state index in [9.17, 15) is 8.42 Å². The van der Waals surface area contributed by atoms with Crippen LogP contribution in [0.25, 0.3) is 6.08 Å². The summed E-state index contributed by atoms with van der Waals surface area (Å²) < 4.78 is 31.5. The highest BCUT2D eigenvalue weighted by Gasteiger charge is 2.12. The maximum Gasteiger partial charge on any atom is 0.290 e.